The Bertz CT molecular complexity index is 866. The molecule has 0 unspecified atom stereocenters. The van der Waals surface area contributed by atoms with Gasteiger partial charge < -0.3 is 14.6 Å². The minimum absolute atomic E-state index is 0.119. The van der Waals surface area contributed by atoms with E-state index in [9.17, 15) is 20.0 Å². The number of aliphatic hydroxyl groups excluding tert-OH is 1. The van der Waals surface area contributed by atoms with E-state index in [4.69, 9.17) is 14.9 Å². The average molecular weight is 342 g/mol. The zero-order chi connectivity index (χ0) is 18.4. The van der Waals surface area contributed by atoms with E-state index >= 15 is 0 Å². The van der Waals surface area contributed by atoms with Gasteiger partial charge in [0.25, 0.3) is 5.69 Å². The molecule has 0 bridgehead atoms. The van der Waals surface area contributed by atoms with Gasteiger partial charge in [-0.15, -0.1) is 0 Å². The Balaban J connectivity index is 2.24. The average Bonchev–Trinajstić information content (AvgIpc) is 2.62. The number of hydrogen-bond acceptors (Lipinski definition) is 7. The number of non-ortho nitro benzene ring substituents is 1. The second-order valence-corrected chi connectivity index (χ2v) is 4.68. The second-order valence-electron chi connectivity index (χ2n) is 4.68. The maximum absolute atomic E-state index is 12.0. The number of carbonyl (C=O) groups is 1. The second kappa shape index (κ2) is 7.56. The van der Waals surface area contributed by atoms with E-state index in [-0.39, 0.29) is 16.8 Å². The zero-order valence-electron chi connectivity index (χ0n) is 12.9. The number of rotatable bonds is 5. The third-order valence-electron chi connectivity index (χ3n) is 3.17. The number of ether oxygens (including phenoxy) is 2. The molecular formula is C16H12N3O6+. The lowest BCUT2D eigenvalue weighted by atomic mass is 10.1. The van der Waals surface area contributed by atoms with E-state index < -0.39 is 22.5 Å². The lowest BCUT2D eigenvalue weighted by Crippen LogP contribution is -2.06. The molecule has 9 nitrogen and oxygen atoms in total. The Morgan fingerprint density at radius 3 is 2.16 bits per heavy atom. The third kappa shape index (κ3) is 4.08. The monoisotopic (exact) mass is 342 g/mol. The molecule has 0 saturated carbocycles. The minimum atomic E-state index is -0.947. The molecule has 0 amide bonds. The Morgan fingerprint density at radius 2 is 1.68 bits per heavy atom. The van der Waals surface area contributed by atoms with Gasteiger partial charge in [-0.1, -0.05) is 0 Å². The van der Waals surface area contributed by atoms with Crippen molar-refractivity contribution in [3.05, 3.63) is 80.7 Å². The van der Waals surface area contributed by atoms with E-state index in [1.807, 2.05) is 0 Å². The standard InChI is InChI=1S/C16H11N3O6/c1-24-13-8-4-11(5-9-13)15(20)25-16(21)14(18-17)10-2-6-12(7-3-10)19(22)23/h2-9H,1H3/p+1/b16-14-. The van der Waals surface area contributed by atoms with Crippen molar-refractivity contribution in [2.24, 2.45) is 0 Å². The van der Waals surface area contributed by atoms with Crippen LogP contribution in [-0.4, -0.2) is 23.1 Å². The van der Waals surface area contributed by atoms with Crippen LogP contribution in [-0.2, 0) is 4.74 Å². The minimum Gasteiger partial charge on any atom is -0.497 e. The number of nitrogens with zero attached hydrogens (tertiary/aromatic N) is 3. The first-order chi connectivity index (χ1) is 12.0. The summed E-state index contributed by atoms with van der Waals surface area (Å²) in [7, 11) is 1.47. The highest BCUT2D eigenvalue weighted by molar-refractivity contribution is 5.91. The van der Waals surface area contributed by atoms with Crippen molar-refractivity contribution in [1.82, 2.24) is 0 Å². The largest absolute Gasteiger partial charge is 0.497 e. The van der Waals surface area contributed by atoms with Crippen LogP contribution in [0.4, 0.5) is 5.69 Å². The highest BCUT2D eigenvalue weighted by Gasteiger charge is 2.26. The molecule has 0 aliphatic rings. The van der Waals surface area contributed by atoms with Gasteiger partial charge in [0, 0.05) is 12.1 Å². The van der Waals surface area contributed by atoms with Crippen LogP contribution >= 0.6 is 0 Å². The number of hydrogen-bond donors (Lipinski definition) is 1. The van der Waals surface area contributed by atoms with Crippen LogP contribution < -0.4 is 4.74 Å². The van der Waals surface area contributed by atoms with Gasteiger partial charge in [0.1, 0.15) is 5.75 Å². The first kappa shape index (κ1) is 17.4. The summed E-state index contributed by atoms with van der Waals surface area (Å²) in [6, 6.07) is 10.7. The van der Waals surface area contributed by atoms with E-state index in [2.05, 4.69) is 4.98 Å². The molecule has 0 saturated heterocycles. The molecule has 0 atom stereocenters. The summed E-state index contributed by atoms with van der Waals surface area (Å²) in [4.78, 5) is 24.9. The molecule has 2 aromatic carbocycles. The molecule has 0 radical (unpaired) electrons. The fraction of sp³-hybridized carbons (Fsp3) is 0.0625. The predicted molar refractivity (Wildman–Crippen MR) is 86.1 cm³/mol. The quantitative estimate of drug-likeness (QED) is 0.289. The van der Waals surface area contributed by atoms with Crippen LogP contribution in [0.15, 0.2) is 54.5 Å². The number of nitro groups is 1. The Hall–Kier alpha value is -3.93. The zero-order valence-corrected chi connectivity index (χ0v) is 12.9. The van der Waals surface area contributed by atoms with Gasteiger partial charge in [-0.3, -0.25) is 10.1 Å². The molecule has 0 aromatic heterocycles. The lowest BCUT2D eigenvalue weighted by Gasteiger charge is -2.03. The van der Waals surface area contributed by atoms with Crippen LogP contribution in [0.3, 0.4) is 0 Å². The highest BCUT2D eigenvalue weighted by Crippen LogP contribution is 2.23. The summed E-state index contributed by atoms with van der Waals surface area (Å²) in [6.45, 7) is 0. The van der Waals surface area contributed by atoms with Gasteiger partial charge in [-0.05, 0) is 36.4 Å². The van der Waals surface area contributed by atoms with Gasteiger partial charge in [-0.2, -0.15) is 0 Å². The molecule has 0 fully saturated rings. The third-order valence-corrected chi connectivity index (χ3v) is 3.17. The molecule has 0 aliphatic heterocycles. The Morgan fingerprint density at radius 1 is 1.12 bits per heavy atom. The van der Waals surface area contributed by atoms with Crippen molar-refractivity contribution in [3.63, 3.8) is 0 Å². The van der Waals surface area contributed by atoms with E-state index in [0.717, 1.165) is 12.1 Å². The van der Waals surface area contributed by atoms with Crippen molar-refractivity contribution in [2.45, 2.75) is 0 Å². The molecule has 126 valence electrons. The van der Waals surface area contributed by atoms with Gasteiger partial charge >= 0.3 is 17.6 Å². The molecule has 0 aliphatic carbocycles. The molecule has 0 heterocycles. The molecule has 25 heavy (non-hydrogen) atoms. The van der Waals surface area contributed by atoms with Gasteiger partial charge in [0.15, 0.2) is 4.98 Å². The number of esters is 1. The van der Waals surface area contributed by atoms with Crippen molar-refractivity contribution in [3.8, 4) is 5.75 Å². The van der Waals surface area contributed by atoms with Crippen LogP contribution in [0.1, 0.15) is 15.9 Å². The normalized spacial score (nSPS) is 11.0. The molecule has 2 rings (SSSR count). The topological polar surface area (TPSA) is 127 Å². The molecule has 9 heteroatoms. The van der Waals surface area contributed by atoms with Crippen LogP contribution in [0.2, 0.25) is 0 Å². The maximum Gasteiger partial charge on any atom is 0.471 e. The van der Waals surface area contributed by atoms with E-state index in [1.165, 1.54) is 43.5 Å². The van der Waals surface area contributed by atoms with Gasteiger partial charge in [0.2, 0.25) is 5.39 Å². The molecular weight excluding hydrogens is 330 g/mol. The van der Waals surface area contributed by atoms with E-state index in [1.54, 1.807) is 0 Å². The maximum atomic E-state index is 12.0. The summed E-state index contributed by atoms with van der Waals surface area (Å²) in [5, 5.41) is 29.6. The number of benzene rings is 2. The summed E-state index contributed by atoms with van der Waals surface area (Å²) >= 11 is 0. The summed E-state index contributed by atoms with van der Waals surface area (Å²) in [5.74, 6) is -1.30. The number of nitro benzene ring substituents is 1. The van der Waals surface area contributed by atoms with Crippen molar-refractivity contribution >= 4 is 17.4 Å². The molecule has 0 spiro atoms. The fourth-order valence-corrected chi connectivity index (χ4v) is 1.89. The van der Waals surface area contributed by atoms with Gasteiger partial charge in [0.05, 0.1) is 23.2 Å². The van der Waals surface area contributed by atoms with Crippen LogP contribution in [0.25, 0.3) is 10.7 Å². The number of diazo groups is 1. The summed E-state index contributed by atoms with van der Waals surface area (Å²) in [5.41, 5.74) is -0.381. The molecule has 2 aromatic rings. The number of carbonyl (C=O) groups excluding carboxylic acids is 1. The van der Waals surface area contributed by atoms with Crippen LogP contribution in [0.5, 0.6) is 5.75 Å². The van der Waals surface area contributed by atoms with E-state index in [0.29, 0.717) is 5.75 Å². The lowest BCUT2D eigenvalue weighted by molar-refractivity contribution is -0.384. The summed E-state index contributed by atoms with van der Waals surface area (Å²) < 4.78 is 9.73. The highest BCUT2D eigenvalue weighted by atomic mass is 16.6. The Kier molecular flexibility index (Phi) is 5.27. The Labute approximate surface area is 141 Å². The van der Waals surface area contributed by atoms with Crippen LogP contribution in [0, 0.1) is 15.5 Å². The smallest absolute Gasteiger partial charge is 0.471 e. The van der Waals surface area contributed by atoms with Crippen molar-refractivity contribution in [1.29, 1.82) is 5.39 Å². The van der Waals surface area contributed by atoms with Crippen molar-refractivity contribution < 1.29 is 24.3 Å². The number of methoxy groups -OCH3 is 1. The summed E-state index contributed by atoms with van der Waals surface area (Å²) in [6.07, 6.45) is 0. The predicted octanol–water partition coefficient (Wildman–Crippen LogP) is 3.50. The van der Waals surface area contributed by atoms with Gasteiger partial charge in [-0.25, -0.2) is 4.79 Å². The molecule has 1 N–H and O–H groups in total. The first-order valence-electron chi connectivity index (χ1n) is 6.85. The fourth-order valence-electron chi connectivity index (χ4n) is 1.89. The van der Waals surface area contributed by atoms with Crippen molar-refractivity contribution in [2.75, 3.05) is 7.11 Å². The number of aliphatic hydroxyl groups is 1. The first-order valence-corrected chi connectivity index (χ1v) is 6.85. The SMILES string of the molecule is COc1ccc(C(=O)O/C(O)=C(\[N+]#N)c2ccc([N+](=O)[O-])cc2)cc1.